The van der Waals surface area contributed by atoms with Crippen molar-refractivity contribution in [2.45, 2.75) is 94.4 Å². The van der Waals surface area contributed by atoms with E-state index in [9.17, 15) is 52.6 Å². The van der Waals surface area contributed by atoms with E-state index in [1.54, 1.807) is 55.5 Å². The number of carbonyl (C=O) groups is 9. The third-order valence-electron chi connectivity index (χ3n) is 16.7. The predicted molar refractivity (Wildman–Crippen MR) is 280 cm³/mol. The number of fused-ring (bicyclic) bond motifs is 7. The average molecular weight is 1120 g/mol. The summed E-state index contributed by atoms with van der Waals surface area (Å²) in [6, 6.07) is 17.4. The summed E-state index contributed by atoms with van der Waals surface area (Å²) in [5.41, 5.74) is -5.79. The highest BCUT2D eigenvalue weighted by Gasteiger charge is 2.80. The third-order valence-corrected chi connectivity index (χ3v) is 16.7. The number of methoxy groups -OCH3 is 1. The van der Waals surface area contributed by atoms with Crippen LogP contribution in [0.15, 0.2) is 109 Å². The van der Waals surface area contributed by atoms with E-state index in [-0.39, 0.29) is 43.2 Å². The molecule has 1 saturated heterocycles. The Labute approximate surface area is 463 Å². The van der Waals surface area contributed by atoms with E-state index in [0.717, 1.165) is 29.2 Å². The molecule has 9 rings (SSSR count). The first-order valence-corrected chi connectivity index (χ1v) is 26.4. The normalized spacial score (nSPS) is 29.1. The minimum atomic E-state index is -2.46. The van der Waals surface area contributed by atoms with Crippen LogP contribution in [0.3, 0.4) is 0 Å². The first-order chi connectivity index (χ1) is 38.6. The molecule has 6 aliphatic rings. The SMILES string of the molecule is COc1cc(N2C(=O)C=CC2=O)ccc1CCC(=O)NCC(=O)NCC(=O)N[C@@H](Cc1ccccc1)C(=O)NCC(=O)NCOCC(=O)[C@@]12O[C@H](c3cccc(F)c3)O[C@@H]1C[C@H]1[C@@H]3C[C@H](F)C4=CC(=O)C=C[C@]4(C)[C@@]3(F)[C@@H](O)C[C@@]12C. The van der Waals surface area contributed by atoms with Gasteiger partial charge in [0.15, 0.2) is 29.1 Å². The van der Waals surface area contributed by atoms with Crippen LogP contribution in [0.25, 0.3) is 0 Å². The number of alkyl halides is 2. The number of amides is 7. The number of anilines is 1. The lowest BCUT2D eigenvalue weighted by Gasteiger charge is -2.63. The predicted octanol–water partition coefficient (Wildman–Crippen LogP) is 2.71. The first kappa shape index (κ1) is 57.8. The highest BCUT2D eigenvalue weighted by molar-refractivity contribution is 6.28. The zero-order valence-corrected chi connectivity index (χ0v) is 44.5. The van der Waals surface area contributed by atoms with Crippen molar-refractivity contribution in [3.63, 3.8) is 0 Å². The molecule has 6 N–H and O–H groups in total. The molecule has 0 spiro atoms. The lowest BCUT2D eigenvalue weighted by Crippen LogP contribution is -2.70. The second-order valence-electron chi connectivity index (χ2n) is 21.4. The molecule has 4 aliphatic carbocycles. The monoisotopic (exact) mass is 1120 g/mol. The number of allylic oxidation sites excluding steroid dienone is 4. The van der Waals surface area contributed by atoms with Crippen LogP contribution in [0.2, 0.25) is 0 Å². The molecular formula is C58H61F3N6O14. The summed E-state index contributed by atoms with van der Waals surface area (Å²) in [6.45, 7) is 0.177. The number of imide groups is 1. The molecule has 11 atom stereocenters. The highest BCUT2D eigenvalue weighted by atomic mass is 19.1. The number of rotatable bonds is 21. The van der Waals surface area contributed by atoms with Gasteiger partial charge in [-0.2, -0.15) is 0 Å². The quantitative estimate of drug-likeness (QED) is 0.0509. The Morgan fingerprint density at radius 1 is 0.827 bits per heavy atom. The van der Waals surface area contributed by atoms with E-state index in [1.165, 1.54) is 44.4 Å². The van der Waals surface area contributed by atoms with Gasteiger partial charge in [0.1, 0.15) is 37.1 Å². The van der Waals surface area contributed by atoms with Gasteiger partial charge in [0.25, 0.3) is 11.8 Å². The molecule has 3 aromatic carbocycles. The summed E-state index contributed by atoms with van der Waals surface area (Å²) in [6.07, 6.45) is -0.688. The smallest absolute Gasteiger partial charge is 0.258 e. The van der Waals surface area contributed by atoms with Crippen LogP contribution in [0, 0.1) is 28.5 Å². The fraction of sp³-hybridized carbons (Fsp3) is 0.431. The van der Waals surface area contributed by atoms with E-state index in [1.807, 2.05) is 0 Å². The van der Waals surface area contributed by atoms with Gasteiger partial charge in [0.2, 0.25) is 29.5 Å². The number of aliphatic hydroxyl groups is 1. The number of aryl methyl sites for hydroxylation is 1. The second kappa shape index (κ2) is 23.3. The highest BCUT2D eigenvalue weighted by Crippen LogP contribution is 2.72. The summed E-state index contributed by atoms with van der Waals surface area (Å²) in [4.78, 5) is 117. The molecule has 20 nitrogen and oxygen atoms in total. The van der Waals surface area contributed by atoms with Crippen molar-refractivity contribution >= 4 is 58.6 Å². The number of ether oxygens (including phenoxy) is 4. The van der Waals surface area contributed by atoms with Crippen molar-refractivity contribution in [3.05, 3.63) is 131 Å². The molecule has 0 bridgehead atoms. The Bertz CT molecular complexity index is 3120. The number of halogens is 3. The van der Waals surface area contributed by atoms with E-state index in [2.05, 4.69) is 26.6 Å². The number of benzene rings is 3. The topological polar surface area (TPSA) is 274 Å². The molecule has 2 heterocycles. The van der Waals surface area contributed by atoms with Crippen LogP contribution in [-0.2, 0) is 70.2 Å². The number of ketones is 2. The number of hydrogen-bond acceptors (Lipinski definition) is 14. The molecule has 3 saturated carbocycles. The number of aliphatic hydroxyl groups excluding tert-OH is 1. The van der Waals surface area contributed by atoms with Gasteiger partial charge < -0.3 is 50.6 Å². The second-order valence-corrected chi connectivity index (χ2v) is 21.4. The van der Waals surface area contributed by atoms with Gasteiger partial charge in [-0.3, -0.25) is 43.2 Å². The largest absolute Gasteiger partial charge is 0.496 e. The van der Waals surface area contributed by atoms with Crippen molar-refractivity contribution in [3.8, 4) is 5.75 Å². The van der Waals surface area contributed by atoms with Crippen molar-refractivity contribution < 1.29 is 80.4 Å². The van der Waals surface area contributed by atoms with Crippen LogP contribution in [0.4, 0.5) is 18.9 Å². The third kappa shape index (κ3) is 11.1. The Morgan fingerprint density at radius 3 is 2.26 bits per heavy atom. The molecule has 0 unspecified atom stereocenters. The number of Topliss-reactive ketones (excluding diaryl/α,β-unsaturated/α-hetero) is 1. The summed E-state index contributed by atoms with van der Waals surface area (Å²) >= 11 is 0. The maximum atomic E-state index is 18.0. The van der Waals surface area contributed by atoms with E-state index in [4.69, 9.17) is 18.9 Å². The molecule has 3 aromatic rings. The van der Waals surface area contributed by atoms with Gasteiger partial charge in [-0.05, 0) is 85.6 Å². The maximum absolute atomic E-state index is 18.0. The summed E-state index contributed by atoms with van der Waals surface area (Å²) < 4.78 is 72.8. The van der Waals surface area contributed by atoms with Gasteiger partial charge >= 0.3 is 0 Å². The van der Waals surface area contributed by atoms with Crippen molar-refractivity contribution in [2.24, 2.45) is 22.7 Å². The van der Waals surface area contributed by atoms with Gasteiger partial charge in [-0.25, -0.2) is 18.1 Å². The van der Waals surface area contributed by atoms with E-state index >= 15 is 8.78 Å². The minimum absolute atomic E-state index is 0.00913. The van der Waals surface area contributed by atoms with Crippen molar-refractivity contribution in [2.75, 3.05) is 45.0 Å². The minimum Gasteiger partial charge on any atom is -0.496 e. The molecule has 2 aliphatic heterocycles. The number of carbonyl (C=O) groups excluding carboxylic acids is 9. The zero-order chi connectivity index (χ0) is 58.0. The van der Waals surface area contributed by atoms with Crippen LogP contribution in [0.5, 0.6) is 5.75 Å². The summed E-state index contributed by atoms with van der Waals surface area (Å²) in [5.74, 6) is -7.96. The zero-order valence-electron chi connectivity index (χ0n) is 44.5. The van der Waals surface area contributed by atoms with Gasteiger partial charge in [-0.15, -0.1) is 0 Å². The van der Waals surface area contributed by atoms with E-state index < -0.39 is 163 Å². The lowest BCUT2D eigenvalue weighted by molar-refractivity contribution is -0.235. The van der Waals surface area contributed by atoms with Crippen LogP contribution in [0.1, 0.15) is 62.5 Å². The molecule has 23 heteroatoms. The Kier molecular flexibility index (Phi) is 16.6. The number of nitrogens with zero attached hydrogens (tertiary/aromatic N) is 1. The molecule has 0 aromatic heterocycles. The molecular weight excluding hydrogens is 1060 g/mol. The average Bonchev–Trinajstić information content (AvgIpc) is 3.44. The maximum Gasteiger partial charge on any atom is 0.258 e. The molecule has 4 fully saturated rings. The van der Waals surface area contributed by atoms with Gasteiger partial charge in [-0.1, -0.05) is 61.5 Å². The van der Waals surface area contributed by atoms with E-state index in [0.29, 0.717) is 22.6 Å². The Morgan fingerprint density at radius 2 is 1.53 bits per heavy atom. The van der Waals surface area contributed by atoms with Crippen molar-refractivity contribution in [1.82, 2.24) is 26.6 Å². The van der Waals surface area contributed by atoms with Crippen LogP contribution >= 0.6 is 0 Å². The summed E-state index contributed by atoms with van der Waals surface area (Å²) in [7, 11) is 1.40. The Hall–Kier alpha value is -7.86. The summed E-state index contributed by atoms with van der Waals surface area (Å²) in [5, 5.41) is 24.3. The fourth-order valence-electron chi connectivity index (χ4n) is 12.8. The van der Waals surface area contributed by atoms with Crippen LogP contribution < -0.4 is 36.2 Å². The first-order valence-electron chi connectivity index (χ1n) is 26.4. The molecule has 7 amide bonds. The van der Waals surface area contributed by atoms with Crippen molar-refractivity contribution in [1.29, 1.82) is 0 Å². The molecule has 81 heavy (non-hydrogen) atoms. The fourth-order valence-corrected chi connectivity index (χ4v) is 12.8. The van der Waals surface area contributed by atoms with Gasteiger partial charge in [0, 0.05) is 53.4 Å². The number of hydrogen-bond donors (Lipinski definition) is 6. The van der Waals surface area contributed by atoms with Crippen LogP contribution in [-0.4, -0.2) is 134 Å². The number of nitrogens with one attached hydrogen (secondary N) is 5. The Balaban J connectivity index is 0.768. The van der Waals surface area contributed by atoms with Gasteiger partial charge in [0.05, 0.1) is 44.6 Å². The molecule has 0 radical (unpaired) electrons. The standard InChI is InChI=1S/C58H61F3N6O14/c1-55-19-18-37(68)23-40(55)41(60)24-39-38-25-46-58(56(38,2)26-44(69)57(39,55)61,81-54(80-46)34-10-7-11-35(59)21-34)45(70)30-79-31-65-49(73)28-64-53(77)42(20-32-8-5-4-6-9-32)66-50(74)29-63-48(72)27-62-47(71)15-13-33-12-14-36(22-43(33)78-3)67-51(75)16-17-52(67)76/h4-12,14,16-19,21-23,38-39,41-42,44,46,54,69H,13,15,20,24-31H2,1-3H3,(H,62,71)(H,63,72)(H,64,77)(H,65,73)(H,66,74)/t38-,39-,41-,42-,44-,46+,54+,55-,56-,57-,58+/m0/s1. The lowest BCUT2D eigenvalue weighted by atomic mass is 9.44. The molecule has 428 valence electrons.